The van der Waals surface area contributed by atoms with Crippen molar-refractivity contribution in [3.05, 3.63) is 71.3 Å². The van der Waals surface area contributed by atoms with Gasteiger partial charge in [0.15, 0.2) is 0 Å². The third kappa shape index (κ3) is 1.89. The average molecular weight is 293 g/mol. The lowest BCUT2D eigenvalue weighted by atomic mass is 10.00. The van der Waals surface area contributed by atoms with E-state index in [-0.39, 0.29) is 5.82 Å². The molecule has 2 heterocycles. The molecule has 0 atom stereocenters. The molecule has 1 aliphatic heterocycles. The molecule has 0 aliphatic carbocycles. The van der Waals surface area contributed by atoms with Gasteiger partial charge in [0.2, 0.25) is 0 Å². The maximum atomic E-state index is 13.5. The van der Waals surface area contributed by atoms with Crippen molar-refractivity contribution in [3.63, 3.8) is 0 Å². The summed E-state index contributed by atoms with van der Waals surface area (Å²) < 4.78 is 18.0. The van der Waals surface area contributed by atoms with E-state index in [1.807, 2.05) is 6.07 Å². The van der Waals surface area contributed by atoms with Gasteiger partial charge in [-0.2, -0.15) is 4.57 Å². The van der Waals surface area contributed by atoms with Crippen LogP contribution in [-0.4, -0.2) is 4.57 Å². The molecule has 0 unspecified atom stereocenters. The lowest BCUT2D eigenvalue weighted by molar-refractivity contribution is -0.686. The molecule has 0 saturated heterocycles. The van der Waals surface area contributed by atoms with Gasteiger partial charge in [0.25, 0.3) is 5.82 Å². The van der Waals surface area contributed by atoms with Crippen LogP contribution in [0.3, 0.4) is 0 Å². The summed E-state index contributed by atoms with van der Waals surface area (Å²) in [5.41, 5.74) is 5.92. The summed E-state index contributed by atoms with van der Waals surface area (Å²) in [5.74, 6) is 0.982. The van der Waals surface area contributed by atoms with Crippen LogP contribution >= 0.6 is 0 Å². The van der Waals surface area contributed by atoms with E-state index in [4.69, 9.17) is 0 Å². The molecule has 2 nitrogen and oxygen atoms in total. The summed E-state index contributed by atoms with van der Waals surface area (Å²) in [6, 6.07) is 11.5. The summed E-state index contributed by atoms with van der Waals surface area (Å²) in [6.45, 7) is 5.16. The maximum Gasteiger partial charge on any atom is 0.294 e. The van der Waals surface area contributed by atoms with Crippen molar-refractivity contribution in [1.29, 1.82) is 0 Å². The number of hydrogen-bond acceptors (Lipinski definition) is 0. The number of hydrogen-bond donors (Lipinski definition) is 0. The van der Waals surface area contributed by atoms with Gasteiger partial charge in [-0.15, -0.1) is 0 Å². The van der Waals surface area contributed by atoms with E-state index in [2.05, 4.69) is 53.6 Å². The molecule has 0 bridgehead atoms. The van der Waals surface area contributed by atoms with Gasteiger partial charge in [0, 0.05) is 6.42 Å². The number of nitrogens with zero attached hydrogens (tertiary/aromatic N) is 2. The van der Waals surface area contributed by atoms with Gasteiger partial charge in [0.1, 0.15) is 23.9 Å². The molecule has 4 rings (SSSR count). The zero-order valence-corrected chi connectivity index (χ0v) is 12.8. The number of imidazole rings is 1. The molecule has 0 radical (unpaired) electrons. The van der Waals surface area contributed by atoms with Crippen LogP contribution in [0.1, 0.15) is 16.7 Å². The van der Waals surface area contributed by atoms with Crippen molar-refractivity contribution < 1.29 is 8.96 Å². The van der Waals surface area contributed by atoms with E-state index >= 15 is 0 Å². The van der Waals surface area contributed by atoms with Crippen LogP contribution in [0.5, 0.6) is 0 Å². The molecule has 110 valence electrons. The molecule has 0 amide bonds. The molecule has 1 aromatic heterocycles. The smallest absolute Gasteiger partial charge is 0.229 e. The van der Waals surface area contributed by atoms with E-state index in [9.17, 15) is 4.39 Å². The normalized spacial score (nSPS) is 12.9. The predicted molar refractivity (Wildman–Crippen MR) is 84.5 cm³/mol. The first-order chi connectivity index (χ1) is 10.6. The molecule has 1 aliphatic rings. The Labute approximate surface area is 129 Å². The average Bonchev–Trinajstić information content (AvgIpc) is 2.91. The van der Waals surface area contributed by atoms with E-state index in [1.165, 1.54) is 16.8 Å². The molecule has 0 spiro atoms. The van der Waals surface area contributed by atoms with Crippen molar-refractivity contribution in [1.82, 2.24) is 4.57 Å². The Kier molecular flexibility index (Phi) is 2.89. The molecule has 0 N–H and O–H groups in total. The molecule has 0 saturated carbocycles. The van der Waals surface area contributed by atoms with Crippen molar-refractivity contribution in [2.75, 3.05) is 0 Å². The Morgan fingerprint density at radius 1 is 1.09 bits per heavy atom. The van der Waals surface area contributed by atoms with Crippen LogP contribution in [-0.2, 0) is 13.0 Å². The Hall–Kier alpha value is -2.42. The fraction of sp³-hybridized carbons (Fsp3) is 0.211. The lowest BCUT2D eigenvalue weighted by Gasteiger charge is -2.16. The number of fused-ring (bicyclic) bond motifs is 3. The largest absolute Gasteiger partial charge is 0.294 e. The van der Waals surface area contributed by atoms with Crippen LogP contribution in [0, 0.1) is 19.7 Å². The van der Waals surface area contributed by atoms with Crippen molar-refractivity contribution in [2.24, 2.45) is 0 Å². The monoisotopic (exact) mass is 293 g/mol. The molecular weight excluding hydrogens is 275 g/mol. The van der Waals surface area contributed by atoms with Gasteiger partial charge in [-0.05, 0) is 48.7 Å². The summed E-state index contributed by atoms with van der Waals surface area (Å²) in [6.07, 6.45) is 5.11. The first kappa shape index (κ1) is 13.3. The summed E-state index contributed by atoms with van der Waals surface area (Å²) in [4.78, 5) is 0. The molecule has 22 heavy (non-hydrogen) atoms. The van der Waals surface area contributed by atoms with Gasteiger partial charge in [-0.1, -0.05) is 18.2 Å². The van der Waals surface area contributed by atoms with Crippen LogP contribution in [0.25, 0.3) is 17.1 Å². The summed E-state index contributed by atoms with van der Waals surface area (Å²) >= 11 is 0. The van der Waals surface area contributed by atoms with Crippen molar-refractivity contribution in [2.45, 2.75) is 26.8 Å². The van der Waals surface area contributed by atoms with Crippen LogP contribution in [0.2, 0.25) is 0 Å². The highest BCUT2D eigenvalue weighted by molar-refractivity contribution is 5.63. The second kappa shape index (κ2) is 4.80. The van der Waals surface area contributed by atoms with E-state index in [1.54, 1.807) is 12.1 Å². The fourth-order valence-corrected chi connectivity index (χ4v) is 3.49. The van der Waals surface area contributed by atoms with Crippen molar-refractivity contribution in [3.8, 4) is 17.1 Å². The first-order valence-electron chi connectivity index (χ1n) is 7.61. The minimum atomic E-state index is -0.155. The highest BCUT2D eigenvalue weighted by Crippen LogP contribution is 2.30. The molecule has 0 fully saturated rings. The minimum Gasteiger partial charge on any atom is -0.229 e. The van der Waals surface area contributed by atoms with Gasteiger partial charge in [0.05, 0.1) is 12.1 Å². The molecular formula is C19H18FN2+. The second-order valence-electron chi connectivity index (χ2n) is 5.98. The van der Waals surface area contributed by atoms with E-state index in [0.717, 1.165) is 29.9 Å². The Balaban J connectivity index is 2.00. The number of halogens is 1. The van der Waals surface area contributed by atoms with Gasteiger partial charge in [-0.3, -0.25) is 0 Å². The summed E-state index contributed by atoms with van der Waals surface area (Å²) in [7, 11) is 0. The molecule has 2 aromatic carbocycles. The van der Waals surface area contributed by atoms with Crippen LogP contribution in [0.15, 0.2) is 48.8 Å². The van der Waals surface area contributed by atoms with Crippen molar-refractivity contribution >= 4 is 0 Å². The Morgan fingerprint density at radius 2 is 1.86 bits per heavy atom. The van der Waals surface area contributed by atoms with Gasteiger partial charge >= 0.3 is 0 Å². The highest BCUT2D eigenvalue weighted by atomic mass is 19.1. The molecule has 3 aromatic rings. The summed E-state index contributed by atoms with van der Waals surface area (Å²) in [5, 5.41) is 0. The maximum absolute atomic E-state index is 13.5. The van der Waals surface area contributed by atoms with E-state index in [0.29, 0.717) is 0 Å². The van der Waals surface area contributed by atoms with Crippen LogP contribution < -0.4 is 4.57 Å². The Morgan fingerprint density at radius 3 is 2.64 bits per heavy atom. The number of para-hydroxylation sites is 1. The predicted octanol–water partition coefficient (Wildman–Crippen LogP) is 3.74. The molecule has 3 heteroatoms. The van der Waals surface area contributed by atoms with Gasteiger partial charge < -0.3 is 0 Å². The standard InChI is InChI=1S/C19H18FN2/c1-13-4-3-5-14(2)18(13)22-11-10-21-9-8-15-12-16(20)6-7-17(15)19(21)22/h3-7,10-12H,8-9H2,1-2H3/q+1. The number of aromatic nitrogens is 2. The zero-order chi connectivity index (χ0) is 15.3. The lowest BCUT2D eigenvalue weighted by Crippen LogP contribution is -2.39. The zero-order valence-electron chi connectivity index (χ0n) is 12.8. The van der Waals surface area contributed by atoms with Crippen LogP contribution in [0.4, 0.5) is 4.39 Å². The number of aryl methyl sites for hydroxylation is 4. The quantitative estimate of drug-likeness (QED) is 0.604. The first-order valence-corrected chi connectivity index (χ1v) is 7.61. The second-order valence-corrected chi connectivity index (χ2v) is 5.98. The number of benzene rings is 2. The SMILES string of the molecule is Cc1cccc(C)c1-n1cc[n+]2c1-c1ccc(F)cc1CC2. The highest BCUT2D eigenvalue weighted by Gasteiger charge is 2.28. The third-order valence-corrected chi connectivity index (χ3v) is 4.51. The fourth-order valence-electron chi connectivity index (χ4n) is 3.49. The Bertz CT molecular complexity index is 857. The van der Waals surface area contributed by atoms with Gasteiger partial charge in [-0.25, -0.2) is 8.96 Å². The number of rotatable bonds is 1. The minimum absolute atomic E-state index is 0.155. The third-order valence-electron chi connectivity index (χ3n) is 4.51. The van der Waals surface area contributed by atoms with E-state index < -0.39 is 0 Å². The topological polar surface area (TPSA) is 8.81 Å².